The minimum atomic E-state index is -1.25. The van der Waals surface area contributed by atoms with E-state index in [1.807, 2.05) is 19.9 Å². The fourth-order valence-corrected chi connectivity index (χ4v) is 2.43. The lowest BCUT2D eigenvalue weighted by Crippen LogP contribution is -2.43. The summed E-state index contributed by atoms with van der Waals surface area (Å²) >= 11 is 0. The van der Waals surface area contributed by atoms with Crippen LogP contribution in [0.3, 0.4) is 0 Å². The van der Waals surface area contributed by atoms with Crippen molar-refractivity contribution < 1.29 is 14.4 Å². The van der Waals surface area contributed by atoms with Gasteiger partial charge in [-0.1, -0.05) is 26.0 Å². The largest absolute Gasteiger partial charge is 0.354 e. The Kier molecular flexibility index (Phi) is 4.88. The van der Waals surface area contributed by atoms with Gasteiger partial charge < -0.3 is 10.6 Å². The van der Waals surface area contributed by atoms with E-state index >= 15 is 0 Å². The zero-order valence-corrected chi connectivity index (χ0v) is 13.9. The van der Waals surface area contributed by atoms with E-state index in [1.54, 1.807) is 31.2 Å². The van der Waals surface area contributed by atoms with Crippen LogP contribution < -0.4 is 10.6 Å². The topological polar surface area (TPSA) is 102 Å². The van der Waals surface area contributed by atoms with Crippen molar-refractivity contribution in [2.45, 2.75) is 26.3 Å². The number of urea groups is 1. The van der Waals surface area contributed by atoms with Gasteiger partial charge in [0, 0.05) is 6.54 Å². The molecule has 4 amide bonds. The number of hydrogen-bond acceptors (Lipinski definition) is 4. The molecule has 1 heterocycles. The molecule has 0 aliphatic carbocycles. The van der Waals surface area contributed by atoms with Crippen LogP contribution >= 0.6 is 0 Å². The number of benzene rings is 1. The Bertz CT molecular complexity index is 706. The van der Waals surface area contributed by atoms with Gasteiger partial charge in [-0.2, -0.15) is 5.26 Å². The fourth-order valence-electron chi connectivity index (χ4n) is 2.43. The molecule has 1 aromatic rings. The summed E-state index contributed by atoms with van der Waals surface area (Å²) in [7, 11) is 0. The Morgan fingerprint density at radius 3 is 2.50 bits per heavy atom. The predicted molar refractivity (Wildman–Crippen MR) is 86.6 cm³/mol. The van der Waals surface area contributed by atoms with Crippen LogP contribution in [0.2, 0.25) is 0 Å². The molecule has 0 aromatic heterocycles. The van der Waals surface area contributed by atoms with Crippen LogP contribution in [0, 0.1) is 17.2 Å². The first-order valence-corrected chi connectivity index (χ1v) is 7.69. The van der Waals surface area contributed by atoms with E-state index in [2.05, 4.69) is 10.6 Å². The minimum Gasteiger partial charge on any atom is -0.354 e. The number of rotatable bonds is 5. The molecule has 7 heteroatoms. The van der Waals surface area contributed by atoms with E-state index < -0.39 is 17.5 Å². The maximum Gasteiger partial charge on any atom is 0.325 e. The van der Waals surface area contributed by atoms with Gasteiger partial charge in [0.15, 0.2) is 0 Å². The lowest BCUT2D eigenvalue weighted by molar-refractivity contribution is -0.134. The van der Waals surface area contributed by atoms with Gasteiger partial charge in [0.05, 0.1) is 11.6 Å². The third-order valence-electron chi connectivity index (χ3n) is 3.88. The SMILES string of the molecule is CC(C)CNC(=O)CN1C(=O)NC(C)(c2ccc(C#N)cc2)C1=O. The van der Waals surface area contributed by atoms with Crippen LogP contribution in [0.25, 0.3) is 0 Å². The van der Waals surface area contributed by atoms with Crippen molar-refractivity contribution in [2.24, 2.45) is 5.92 Å². The summed E-state index contributed by atoms with van der Waals surface area (Å²) in [6, 6.07) is 7.81. The van der Waals surface area contributed by atoms with Crippen LogP contribution in [-0.4, -0.2) is 35.8 Å². The van der Waals surface area contributed by atoms with Crippen LogP contribution in [0.1, 0.15) is 31.9 Å². The quantitative estimate of drug-likeness (QED) is 0.790. The molecule has 0 saturated carbocycles. The van der Waals surface area contributed by atoms with E-state index in [-0.39, 0.29) is 18.4 Å². The second-order valence-electron chi connectivity index (χ2n) is 6.33. The van der Waals surface area contributed by atoms with Crippen molar-refractivity contribution in [3.63, 3.8) is 0 Å². The third-order valence-corrected chi connectivity index (χ3v) is 3.88. The number of nitrogens with one attached hydrogen (secondary N) is 2. The van der Waals surface area contributed by atoms with Crippen molar-refractivity contribution in [3.8, 4) is 6.07 Å². The Morgan fingerprint density at radius 2 is 1.96 bits per heavy atom. The molecule has 1 saturated heterocycles. The summed E-state index contributed by atoms with van der Waals surface area (Å²) in [5.41, 5.74) is -0.224. The number of hydrogen-bond donors (Lipinski definition) is 2. The number of imide groups is 1. The monoisotopic (exact) mass is 328 g/mol. The lowest BCUT2D eigenvalue weighted by Gasteiger charge is -2.22. The minimum absolute atomic E-state index is 0.279. The van der Waals surface area contributed by atoms with Crippen molar-refractivity contribution in [3.05, 3.63) is 35.4 Å². The zero-order chi connectivity index (χ0) is 17.9. The Balaban J connectivity index is 2.15. The van der Waals surface area contributed by atoms with Gasteiger partial charge in [-0.05, 0) is 30.5 Å². The zero-order valence-electron chi connectivity index (χ0n) is 13.9. The summed E-state index contributed by atoms with van der Waals surface area (Å²) in [5.74, 6) is -0.589. The van der Waals surface area contributed by atoms with Gasteiger partial charge in [0.1, 0.15) is 12.1 Å². The molecule has 0 bridgehead atoms. The molecule has 1 aliphatic rings. The number of nitriles is 1. The number of nitrogens with zero attached hydrogens (tertiary/aromatic N) is 2. The molecule has 1 aromatic carbocycles. The first-order chi connectivity index (χ1) is 11.3. The first-order valence-electron chi connectivity index (χ1n) is 7.69. The van der Waals surface area contributed by atoms with Crippen LogP contribution in [0.15, 0.2) is 24.3 Å². The average Bonchev–Trinajstić information content (AvgIpc) is 2.77. The smallest absolute Gasteiger partial charge is 0.325 e. The molecule has 7 nitrogen and oxygen atoms in total. The molecule has 24 heavy (non-hydrogen) atoms. The second kappa shape index (κ2) is 6.71. The molecule has 0 spiro atoms. The van der Waals surface area contributed by atoms with Gasteiger partial charge in [-0.15, -0.1) is 0 Å². The summed E-state index contributed by atoms with van der Waals surface area (Å²) < 4.78 is 0. The van der Waals surface area contributed by atoms with E-state index in [4.69, 9.17) is 5.26 Å². The van der Waals surface area contributed by atoms with Crippen molar-refractivity contribution in [1.29, 1.82) is 5.26 Å². The van der Waals surface area contributed by atoms with Gasteiger partial charge >= 0.3 is 6.03 Å². The molecule has 126 valence electrons. The van der Waals surface area contributed by atoms with Crippen molar-refractivity contribution in [1.82, 2.24) is 15.5 Å². The Hall–Kier alpha value is -2.88. The van der Waals surface area contributed by atoms with Gasteiger partial charge in [0.2, 0.25) is 5.91 Å². The summed E-state index contributed by atoms with van der Waals surface area (Å²) in [5, 5.41) is 14.2. The maximum atomic E-state index is 12.7. The normalized spacial score (nSPS) is 20.0. The second-order valence-corrected chi connectivity index (χ2v) is 6.33. The number of carbonyl (C=O) groups excluding carboxylic acids is 3. The molecular formula is C17H20N4O3. The standard InChI is InChI=1S/C17H20N4O3/c1-11(2)9-19-14(22)10-21-15(23)17(3,20-16(21)24)13-6-4-12(8-18)5-7-13/h4-7,11H,9-10H2,1-3H3,(H,19,22)(H,20,24). The predicted octanol–water partition coefficient (Wildman–Crippen LogP) is 1.10. The average molecular weight is 328 g/mol. The highest BCUT2D eigenvalue weighted by Gasteiger charge is 2.49. The Labute approximate surface area is 140 Å². The van der Waals surface area contributed by atoms with E-state index in [9.17, 15) is 14.4 Å². The summed E-state index contributed by atoms with van der Waals surface area (Å²) in [6.07, 6.45) is 0. The number of amides is 4. The van der Waals surface area contributed by atoms with Gasteiger partial charge in [0.25, 0.3) is 5.91 Å². The summed E-state index contributed by atoms with van der Waals surface area (Å²) in [6.45, 7) is 5.66. The third kappa shape index (κ3) is 3.38. The van der Waals surface area contributed by atoms with Crippen LogP contribution in [0.4, 0.5) is 4.79 Å². The molecule has 2 rings (SSSR count). The van der Waals surface area contributed by atoms with Gasteiger partial charge in [-0.3, -0.25) is 14.5 Å². The molecular weight excluding hydrogens is 308 g/mol. The van der Waals surface area contributed by atoms with Crippen LogP contribution in [0.5, 0.6) is 0 Å². The maximum absolute atomic E-state index is 12.7. The molecule has 1 atom stereocenters. The highest BCUT2D eigenvalue weighted by molar-refractivity contribution is 6.09. The highest BCUT2D eigenvalue weighted by Crippen LogP contribution is 2.28. The molecule has 0 radical (unpaired) electrons. The lowest BCUT2D eigenvalue weighted by atomic mass is 9.91. The molecule has 2 N–H and O–H groups in total. The van der Waals surface area contributed by atoms with Crippen LogP contribution in [-0.2, 0) is 15.1 Å². The summed E-state index contributed by atoms with van der Waals surface area (Å²) in [4.78, 5) is 37.6. The fraction of sp³-hybridized carbons (Fsp3) is 0.412. The Morgan fingerprint density at radius 1 is 1.33 bits per heavy atom. The number of carbonyl (C=O) groups is 3. The molecule has 1 aliphatic heterocycles. The van der Waals surface area contributed by atoms with Crippen molar-refractivity contribution >= 4 is 17.8 Å². The molecule has 1 unspecified atom stereocenters. The van der Waals surface area contributed by atoms with Gasteiger partial charge in [-0.25, -0.2) is 4.79 Å². The van der Waals surface area contributed by atoms with E-state index in [0.29, 0.717) is 17.7 Å². The van der Waals surface area contributed by atoms with E-state index in [1.165, 1.54) is 0 Å². The van der Waals surface area contributed by atoms with E-state index in [0.717, 1.165) is 4.90 Å². The molecule has 1 fully saturated rings. The first kappa shape index (κ1) is 17.5. The highest BCUT2D eigenvalue weighted by atomic mass is 16.2. The van der Waals surface area contributed by atoms with Crippen molar-refractivity contribution in [2.75, 3.05) is 13.1 Å².